The van der Waals surface area contributed by atoms with E-state index in [1.165, 1.54) is 0 Å². The second kappa shape index (κ2) is 4.35. The molecule has 0 aliphatic carbocycles. The van der Waals surface area contributed by atoms with Gasteiger partial charge in [-0.25, -0.2) is 0 Å². The molecule has 2 heterocycles. The number of furan rings is 1. The molecule has 0 spiro atoms. The van der Waals surface area contributed by atoms with E-state index in [1.807, 2.05) is 31.2 Å². The quantitative estimate of drug-likeness (QED) is 0.739. The van der Waals surface area contributed by atoms with Crippen LogP contribution in [0.1, 0.15) is 5.76 Å². The van der Waals surface area contributed by atoms with Gasteiger partial charge in [0.25, 0.3) is 0 Å². The topological polar surface area (TPSA) is 26.0 Å². The Kier molecular flexibility index (Phi) is 3.40. The summed E-state index contributed by atoms with van der Waals surface area (Å²) in [7, 11) is 0. The van der Waals surface area contributed by atoms with Gasteiger partial charge in [-0.05, 0) is 11.8 Å². The van der Waals surface area contributed by atoms with Gasteiger partial charge in [-0.1, -0.05) is 19.1 Å². The van der Waals surface area contributed by atoms with Crippen LogP contribution in [0.25, 0.3) is 11.5 Å². The van der Waals surface area contributed by atoms with Crippen LogP contribution < -0.4 is 0 Å². The van der Waals surface area contributed by atoms with E-state index in [4.69, 9.17) is 4.42 Å². The minimum Gasteiger partial charge on any atom is -0.542 e. The van der Waals surface area contributed by atoms with Gasteiger partial charge >= 0.3 is 0 Å². The molecule has 0 saturated carbocycles. The SMILES string of the molecule is Cc1c[c-]c(-c2ccccn2)o1.[Ir]. The van der Waals surface area contributed by atoms with Gasteiger partial charge in [0.05, 0.1) is 0 Å². The number of hydrogen-bond donors (Lipinski definition) is 0. The number of nitrogens with zero attached hydrogens (tertiary/aromatic N) is 1. The Morgan fingerprint density at radius 2 is 2.23 bits per heavy atom. The molecular weight excluding hydrogens is 342 g/mol. The summed E-state index contributed by atoms with van der Waals surface area (Å²) in [5, 5.41) is 0. The molecule has 0 aliphatic rings. The molecule has 0 aliphatic heterocycles. The van der Waals surface area contributed by atoms with Crippen LogP contribution >= 0.6 is 0 Å². The fourth-order valence-corrected chi connectivity index (χ4v) is 1.01. The standard InChI is InChI=1S/C10H8NO.Ir/c1-8-5-6-10(12-8)9-4-2-3-7-11-9;/h2-5,7H,1H3;/q-1;. The maximum atomic E-state index is 5.35. The van der Waals surface area contributed by atoms with Crippen molar-refractivity contribution in [3.63, 3.8) is 0 Å². The molecule has 2 rings (SSSR count). The van der Waals surface area contributed by atoms with Crippen LogP contribution in [0.5, 0.6) is 0 Å². The molecule has 0 N–H and O–H groups in total. The molecule has 0 fully saturated rings. The molecule has 13 heavy (non-hydrogen) atoms. The van der Waals surface area contributed by atoms with Crippen molar-refractivity contribution in [1.29, 1.82) is 0 Å². The molecule has 2 nitrogen and oxygen atoms in total. The van der Waals surface area contributed by atoms with E-state index < -0.39 is 0 Å². The molecular formula is C10H8IrNO-. The Morgan fingerprint density at radius 1 is 1.38 bits per heavy atom. The summed E-state index contributed by atoms with van der Waals surface area (Å²) in [6.45, 7) is 1.89. The first-order chi connectivity index (χ1) is 5.86. The molecule has 2 aromatic rings. The van der Waals surface area contributed by atoms with E-state index >= 15 is 0 Å². The number of pyridine rings is 1. The van der Waals surface area contributed by atoms with E-state index in [-0.39, 0.29) is 20.1 Å². The molecule has 3 heteroatoms. The minimum atomic E-state index is 0. The van der Waals surface area contributed by atoms with Crippen molar-refractivity contribution < 1.29 is 24.5 Å². The summed E-state index contributed by atoms with van der Waals surface area (Å²) in [6.07, 6.45) is 1.74. The Bertz CT molecular complexity index is 369. The predicted molar refractivity (Wildman–Crippen MR) is 45.5 cm³/mol. The van der Waals surface area contributed by atoms with Gasteiger partial charge in [-0.3, -0.25) is 0 Å². The molecule has 69 valence electrons. The summed E-state index contributed by atoms with van der Waals surface area (Å²) >= 11 is 0. The fraction of sp³-hybridized carbons (Fsp3) is 0.100. The first-order valence-electron chi connectivity index (χ1n) is 3.76. The van der Waals surface area contributed by atoms with Crippen LogP contribution in [0.15, 0.2) is 34.9 Å². The number of aryl methyl sites for hydroxylation is 1. The van der Waals surface area contributed by atoms with Crippen LogP contribution in [0.3, 0.4) is 0 Å². The Morgan fingerprint density at radius 3 is 2.77 bits per heavy atom. The fourth-order valence-electron chi connectivity index (χ4n) is 1.01. The van der Waals surface area contributed by atoms with Gasteiger partial charge in [0, 0.05) is 37.8 Å². The zero-order valence-corrected chi connectivity index (χ0v) is 9.47. The van der Waals surface area contributed by atoms with Crippen LogP contribution in [0.4, 0.5) is 0 Å². The molecule has 0 aromatic carbocycles. The third-order valence-electron chi connectivity index (χ3n) is 1.57. The zero-order chi connectivity index (χ0) is 8.39. The van der Waals surface area contributed by atoms with E-state index in [0.29, 0.717) is 5.76 Å². The largest absolute Gasteiger partial charge is 0.542 e. The predicted octanol–water partition coefficient (Wildman–Crippen LogP) is 2.45. The molecule has 0 bridgehead atoms. The molecule has 1 radical (unpaired) electrons. The van der Waals surface area contributed by atoms with Gasteiger partial charge in [0.1, 0.15) is 0 Å². The molecule has 0 saturated heterocycles. The van der Waals surface area contributed by atoms with Crippen molar-refractivity contribution in [2.75, 3.05) is 0 Å². The minimum absolute atomic E-state index is 0. The number of aromatic nitrogens is 1. The van der Waals surface area contributed by atoms with Gasteiger partial charge in [0.2, 0.25) is 0 Å². The van der Waals surface area contributed by atoms with Gasteiger partial charge in [0.15, 0.2) is 0 Å². The van der Waals surface area contributed by atoms with Gasteiger partial charge < -0.3 is 9.40 Å². The Balaban J connectivity index is 0.000000845. The van der Waals surface area contributed by atoms with E-state index in [1.54, 1.807) is 6.20 Å². The van der Waals surface area contributed by atoms with E-state index in [2.05, 4.69) is 11.1 Å². The summed E-state index contributed by atoms with van der Waals surface area (Å²) < 4.78 is 5.35. The summed E-state index contributed by atoms with van der Waals surface area (Å²) in [6, 6.07) is 10.5. The van der Waals surface area contributed by atoms with Crippen molar-refractivity contribution in [1.82, 2.24) is 4.98 Å². The monoisotopic (exact) mass is 351 g/mol. The first-order valence-corrected chi connectivity index (χ1v) is 3.76. The van der Waals surface area contributed by atoms with Crippen molar-refractivity contribution >= 4 is 0 Å². The number of hydrogen-bond acceptors (Lipinski definition) is 2. The maximum absolute atomic E-state index is 5.35. The molecule has 0 unspecified atom stereocenters. The van der Waals surface area contributed by atoms with Gasteiger partial charge in [-0.15, -0.1) is 12.1 Å². The van der Waals surface area contributed by atoms with Crippen LogP contribution in [-0.4, -0.2) is 4.98 Å². The first kappa shape index (κ1) is 10.2. The van der Waals surface area contributed by atoms with Crippen molar-refractivity contribution in [2.24, 2.45) is 0 Å². The Hall–Kier alpha value is -0.921. The van der Waals surface area contributed by atoms with Gasteiger partial charge in [-0.2, -0.15) is 0 Å². The normalized spacial score (nSPS) is 9.31. The summed E-state index contributed by atoms with van der Waals surface area (Å²) in [4.78, 5) is 4.14. The average Bonchev–Trinajstić information content (AvgIpc) is 2.54. The number of rotatable bonds is 1. The third-order valence-corrected chi connectivity index (χ3v) is 1.57. The van der Waals surface area contributed by atoms with Crippen molar-refractivity contribution in [3.05, 3.63) is 42.3 Å². The zero-order valence-electron chi connectivity index (χ0n) is 7.08. The van der Waals surface area contributed by atoms with E-state index in [0.717, 1.165) is 11.5 Å². The Labute approximate surface area is 90.3 Å². The second-order valence-corrected chi connectivity index (χ2v) is 2.55. The average molecular weight is 350 g/mol. The summed E-state index contributed by atoms with van der Waals surface area (Å²) in [5.41, 5.74) is 0.825. The van der Waals surface area contributed by atoms with Crippen molar-refractivity contribution in [3.8, 4) is 11.5 Å². The second-order valence-electron chi connectivity index (χ2n) is 2.55. The van der Waals surface area contributed by atoms with Crippen LogP contribution in [0.2, 0.25) is 0 Å². The smallest absolute Gasteiger partial charge is 0.0234 e. The third kappa shape index (κ3) is 2.27. The molecule has 0 atom stereocenters. The maximum Gasteiger partial charge on any atom is 0.0234 e. The van der Waals surface area contributed by atoms with Crippen molar-refractivity contribution in [2.45, 2.75) is 6.92 Å². The van der Waals surface area contributed by atoms with Crippen LogP contribution in [-0.2, 0) is 20.1 Å². The molecule has 0 amide bonds. The molecule has 2 aromatic heterocycles. The van der Waals surface area contributed by atoms with E-state index in [9.17, 15) is 0 Å². The van der Waals surface area contributed by atoms with Crippen LogP contribution in [0, 0.1) is 13.0 Å². The summed E-state index contributed by atoms with van der Waals surface area (Å²) in [5.74, 6) is 1.56.